The van der Waals surface area contributed by atoms with Gasteiger partial charge in [-0.25, -0.2) is 9.78 Å². The van der Waals surface area contributed by atoms with E-state index in [1.165, 1.54) is 4.57 Å². The summed E-state index contributed by atoms with van der Waals surface area (Å²) in [5.74, 6) is 0.801. The third kappa shape index (κ3) is 2.40. The highest BCUT2D eigenvalue weighted by Crippen LogP contribution is 2.29. The van der Waals surface area contributed by atoms with Crippen LogP contribution in [0.4, 0.5) is 0 Å². The van der Waals surface area contributed by atoms with E-state index in [-0.39, 0.29) is 17.3 Å². The van der Waals surface area contributed by atoms with Crippen molar-refractivity contribution < 1.29 is 0 Å². The maximum absolute atomic E-state index is 12.8. The van der Waals surface area contributed by atoms with Gasteiger partial charge in [0.1, 0.15) is 11.3 Å². The lowest BCUT2D eigenvalue weighted by molar-refractivity contribution is 0.472. The van der Waals surface area contributed by atoms with Gasteiger partial charge < -0.3 is 4.98 Å². The maximum Gasteiger partial charge on any atom is 0.332 e. The predicted molar refractivity (Wildman–Crippen MR) is 86.4 cm³/mol. The van der Waals surface area contributed by atoms with E-state index in [4.69, 9.17) is 0 Å². The molecule has 1 aliphatic rings. The number of nitrogens with one attached hydrogen (secondary N) is 1. The summed E-state index contributed by atoms with van der Waals surface area (Å²) < 4.78 is 3.14. The van der Waals surface area contributed by atoms with Crippen LogP contribution in [0.1, 0.15) is 64.2 Å². The van der Waals surface area contributed by atoms with Gasteiger partial charge in [-0.3, -0.25) is 13.9 Å². The monoisotopic (exact) mass is 304 g/mol. The molecule has 120 valence electrons. The summed E-state index contributed by atoms with van der Waals surface area (Å²) >= 11 is 0. The van der Waals surface area contributed by atoms with Crippen LogP contribution >= 0.6 is 0 Å². The summed E-state index contributed by atoms with van der Waals surface area (Å²) in [6, 6.07) is 0.177. The summed E-state index contributed by atoms with van der Waals surface area (Å²) in [4.78, 5) is 33.1. The molecule has 0 radical (unpaired) electrons. The van der Waals surface area contributed by atoms with Gasteiger partial charge in [0.2, 0.25) is 0 Å². The molecule has 1 saturated carbocycles. The van der Waals surface area contributed by atoms with Crippen LogP contribution in [0.5, 0.6) is 0 Å². The minimum atomic E-state index is -0.231. The molecule has 1 N–H and O–H groups in total. The van der Waals surface area contributed by atoms with Crippen LogP contribution in [-0.4, -0.2) is 19.1 Å². The van der Waals surface area contributed by atoms with Crippen LogP contribution in [0.3, 0.4) is 0 Å². The molecular weight excluding hydrogens is 280 g/mol. The third-order valence-corrected chi connectivity index (χ3v) is 4.48. The van der Waals surface area contributed by atoms with E-state index in [2.05, 4.69) is 16.9 Å². The second kappa shape index (κ2) is 6.10. The summed E-state index contributed by atoms with van der Waals surface area (Å²) in [7, 11) is 0. The first-order chi connectivity index (χ1) is 10.7. The third-order valence-electron chi connectivity index (χ3n) is 4.48. The Morgan fingerprint density at radius 2 is 1.91 bits per heavy atom. The first-order valence-electron chi connectivity index (χ1n) is 8.41. The van der Waals surface area contributed by atoms with Gasteiger partial charge in [0.25, 0.3) is 5.56 Å². The van der Waals surface area contributed by atoms with Crippen LogP contribution in [0.2, 0.25) is 0 Å². The zero-order chi connectivity index (χ0) is 15.7. The Kier molecular flexibility index (Phi) is 4.18. The molecule has 6 heteroatoms. The Balaban J connectivity index is 2.29. The number of hydrogen-bond acceptors (Lipinski definition) is 3. The van der Waals surface area contributed by atoms with E-state index >= 15 is 0 Å². The minimum absolute atomic E-state index is 0.177. The molecule has 0 bridgehead atoms. The number of hydrogen-bond donors (Lipinski definition) is 1. The predicted octanol–water partition coefficient (Wildman–Crippen LogP) is 2.36. The topological polar surface area (TPSA) is 72.7 Å². The lowest BCUT2D eigenvalue weighted by Crippen LogP contribution is -2.41. The lowest BCUT2D eigenvalue weighted by atomic mass is 10.2. The van der Waals surface area contributed by atoms with Crippen LogP contribution in [0.15, 0.2) is 9.59 Å². The van der Waals surface area contributed by atoms with Crippen molar-refractivity contribution in [1.29, 1.82) is 0 Å². The first kappa shape index (κ1) is 15.1. The molecule has 0 aliphatic heterocycles. The Morgan fingerprint density at radius 1 is 1.18 bits per heavy atom. The smallest absolute Gasteiger partial charge is 0.332 e. The number of rotatable bonds is 5. The average Bonchev–Trinajstić information content (AvgIpc) is 3.14. The summed E-state index contributed by atoms with van der Waals surface area (Å²) in [5, 5.41) is 0. The van der Waals surface area contributed by atoms with E-state index in [9.17, 15) is 9.59 Å². The standard InChI is InChI=1S/C16H24N4O2/c1-3-7-12-17-13-14(18-12)20(11-8-5-6-9-11)16(22)19(10-4-2)15(13)21/h11H,3-10H2,1-2H3,(H,17,18). The molecule has 0 spiro atoms. The van der Waals surface area contributed by atoms with Gasteiger partial charge >= 0.3 is 5.69 Å². The largest absolute Gasteiger partial charge is 0.336 e. The van der Waals surface area contributed by atoms with Gasteiger partial charge in [0.05, 0.1) is 0 Å². The normalized spacial score (nSPS) is 15.9. The van der Waals surface area contributed by atoms with E-state index in [0.29, 0.717) is 17.7 Å². The van der Waals surface area contributed by atoms with Gasteiger partial charge in [-0.15, -0.1) is 0 Å². The molecule has 0 atom stereocenters. The Bertz CT molecular complexity index is 778. The highest BCUT2D eigenvalue weighted by atomic mass is 16.2. The van der Waals surface area contributed by atoms with Crippen molar-refractivity contribution in [3.63, 3.8) is 0 Å². The van der Waals surface area contributed by atoms with Crippen LogP contribution < -0.4 is 11.2 Å². The number of aromatic amines is 1. The summed E-state index contributed by atoms with van der Waals surface area (Å²) in [6.45, 7) is 4.51. The zero-order valence-corrected chi connectivity index (χ0v) is 13.4. The molecule has 6 nitrogen and oxygen atoms in total. The first-order valence-corrected chi connectivity index (χ1v) is 8.41. The van der Waals surface area contributed by atoms with Crippen molar-refractivity contribution in [3.05, 3.63) is 26.7 Å². The summed E-state index contributed by atoms with van der Waals surface area (Å²) in [5.41, 5.74) is 0.618. The van der Waals surface area contributed by atoms with Crippen molar-refractivity contribution in [2.75, 3.05) is 0 Å². The van der Waals surface area contributed by atoms with Crippen molar-refractivity contribution in [1.82, 2.24) is 19.1 Å². The summed E-state index contributed by atoms with van der Waals surface area (Å²) in [6.07, 6.45) is 6.78. The molecule has 1 fully saturated rings. The second-order valence-electron chi connectivity index (χ2n) is 6.18. The van der Waals surface area contributed by atoms with Crippen LogP contribution in [0.25, 0.3) is 11.2 Å². The Labute approximate surface area is 129 Å². The Hall–Kier alpha value is -1.85. The number of fused-ring (bicyclic) bond motifs is 1. The Morgan fingerprint density at radius 3 is 2.55 bits per heavy atom. The molecule has 0 aromatic carbocycles. The maximum atomic E-state index is 12.8. The molecule has 0 amide bonds. The fourth-order valence-corrected chi connectivity index (χ4v) is 3.45. The van der Waals surface area contributed by atoms with Crippen molar-refractivity contribution >= 4 is 11.2 Å². The molecule has 1 aliphatic carbocycles. The highest BCUT2D eigenvalue weighted by Gasteiger charge is 2.24. The molecule has 0 saturated heterocycles. The van der Waals surface area contributed by atoms with E-state index in [1.807, 2.05) is 6.92 Å². The number of aromatic nitrogens is 4. The van der Waals surface area contributed by atoms with Crippen molar-refractivity contribution in [2.24, 2.45) is 0 Å². The number of nitrogens with zero attached hydrogens (tertiary/aromatic N) is 3. The van der Waals surface area contributed by atoms with Gasteiger partial charge in [0, 0.05) is 19.0 Å². The minimum Gasteiger partial charge on any atom is -0.336 e. The molecule has 2 aromatic heterocycles. The van der Waals surface area contributed by atoms with Gasteiger partial charge in [0.15, 0.2) is 5.65 Å². The zero-order valence-electron chi connectivity index (χ0n) is 13.4. The lowest BCUT2D eigenvalue weighted by Gasteiger charge is -2.16. The van der Waals surface area contributed by atoms with Gasteiger partial charge in [-0.05, 0) is 25.7 Å². The highest BCUT2D eigenvalue weighted by molar-refractivity contribution is 5.70. The van der Waals surface area contributed by atoms with E-state index in [0.717, 1.165) is 50.8 Å². The van der Waals surface area contributed by atoms with E-state index in [1.54, 1.807) is 4.57 Å². The van der Waals surface area contributed by atoms with Crippen molar-refractivity contribution in [2.45, 2.75) is 71.4 Å². The second-order valence-corrected chi connectivity index (χ2v) is 6.18. The van der Waals surface area contributed by atoms with Gasteiger partial charge in [-0.2, -0.15) is 0 Å². The molecular formula is C16H24N4O2. The number of H-pyrrole nitrogens is 1. The van der Waals surface area contributed by atoms with Crippen LogP contribution in [-0.2, 0) is 13.0 Å². The molecule has 2 heterocycles. The van der Waals surface area contributed by atoms with Crippen LogP contribution in [0, 0.1) is 0 Å². The quantitative estimate of drug-likeness (QED) is 0.921. The fourth-order valence-electron chi connectivity index (χ4n) is 3.45. The van der Waals surface area contributed by atoms with Gasteiger partial charge in [-0.1, -0.05) is 26.7 Å². The SMILES string of the molecule is CCCc1nc2c([nH]1)c(=O)n(CCC)c(=O)n2C1CCCC1. The fraction of sp³-hybridized carbons (Fsp3) is 0.688. The van der Waals surface area contributed by atoms with E-state index < -0.39 is 0 Å². The molecule has 0 unspecified atom stereocenters. The number of imidazole rings is 1. The molecule has 22 heavy (non-hydrogen) atoms. The molecule has 3 rings (SSSR count). The molecule has 2 aromatic rings. The van der Waals surface area contributed by atoms with Crippen molar-refractivity contribution in [3.8, 4) is 0 Å². The average molecular weight is 304 g/mol. The number of aryl methyl sites for hydroxylation is 1.